The number of amides is 1. The Morgan fingerprint density at radius 2 is 1.93 bits per heavy atom. The zero-order valence-electron chi connectivity index (χ0n) is 16.3. The van der Waals surface area contributed by atoms with Crippen molar-refractivity contribution in [1.82, 2.24) is 14.9 Å². The van der Waals surface area contributed by atoms with Gasteiger partial charge >= 0.3 is 0 Å². The lowest BCUT2D eigenvalue weighted by atomic mass is 10.2. The number of carbonyl (C=O) groups is 1. The van der Waals surface area contributed by atoms with Crippen LogP contribution in [0.15, 0.2) is 36.7 Å². The van der Waals surface area contributed by atoms with E-state index in [1.54, 1.807) is 12.4 Å². The van der Waals surface area contributed by atoms with E-state index in [4.69, 9.17) is 0 Å². The van der Waals surface area contributed by atoms with Crippen LogP contribution in [0.4, 0.5) is 11.5 Å². The van der Waals surface area contributed by atoms with Crippen LogP contribution in [0.5, 0.6) is 0 Å². The molecule has 1 fully saturated rings. The number of hydrogen-bond acceptors (Lipinski definition) is 5. The van der Waals surface area contributed by atoms with E-state index in [0.29, 0.717) is 18.8 Å². The molecule has 0 atom stereocenters. The molecule has 1 saturated heterocycles. The molecule has 6 nitrogen and oxygen atoms in total. The van der Waals surface area contributed by atoms with Gasteiger partial charge in [0, 0.05) is 38.4 Å². The molecule has 0 aliphatic carbocycles. The van der Waals surface area contributed by atoms with Crippen molar-refractivity contribution < 1.29 is 4.79 Å². The second-order valence-electron chi connectivity index (χ2n) is 7.04. The number of aromatic nitrogens is 2. The van der Waals surface area contributed by atoms with Gasteiger partial charge in [0.25, 0.3) is 5.91 Å². The van der Waals surface area contributed by atoms with E-state index >= 15 is 0 Å². The summed E-state index contributed by atoms with van der Waals surface area (Å²) < 4.78 is 0. The Hall–Kier alpha value is -2.63. The number of aryl methyl sites for hydroxylation is 1. The number of piperazine rings is 1. The molecule has 3 rings (SSSR count). The molecule has 1 aliphatic heterocycles. The number of nitrogens with zero attached hydrogens (tertiary/aromatic N) is 4. The predicted octanol–water partition coefficient (Wildman–Crippen LogP) is 3.35. The van der Waals surface area contributed by atoms with Gasteiger partial charge in [-0.1, -0.05) is 31.9 Å². The maximum atomic E-state index is 12.7. The highest BCUT2D eigenvalue weighted by molar-refractivity contribution is 5.92. The standard InChI is InChI=1S/C21H29N5O/c1-3-4-5-9-22-20-16-23-19(15-24-20)21(27)26-12-10-25(11-13-26)18-8-6-7-17(2)14-18/h6-8,14-16H,3-5,9-13H2,1-2H3,(H,22,24). The number of hydrogen-bond donors (Lipinski definition) is 1. The predicted molar refractivity (Wildman–Crippen MR) is 109 cm³/mol. The van der Waals surface area contributed by atoms with Crippen molar-refractivity contribution in [2.24, 2.45) is 0 Å². The fraction of sp³-hybridized carbons (Fsp3) is 0.476. The molecular formula is C21H29N5O. The third-order valence-corrected chi connectivity index (χ3v) is 4.89. The molecule has 0 spiro atoms. The zero-order valence-corrected chi connectivity index (χ0v) is 16.3. The van der Waals surface area contributed by atoms with Gasteiger partial charge in [-0.15, -0.1) is 0 Å². The number of rotatable bonds is 7. The minimum atomic E-state index is -0.0380. The fourth-order valence-corrected chi connectivity index (χ4v) is 3.28. The summed E-state index contributed by atoms with van der Waals surface area (Å²) in [6, 6.07) is 8.50. The van der Waals surface area contributed by atoms with Gasteiger partial charge in [-0.25, -0.2) is 9.97 Å². The molecule has 1 aromatic carbocycles. The van der Waals surface area contributed by atoms with Crippen LogP contribution in [0.3, 0.4) is 0 Å². The Bertz CT molecular complexity index is 738. The Morgan fingerprint density at radius 3 is 2.59 bits per heavy atom. The Kier molecular flexibility index (Phi) is 6.63. The first-order valence-corrected chi connectivity index (χ1v) is 9.84. The van der Waals surface area contributed by atoms with Crippen LogP contribution >= 0.6 is 0 Å². The summed E-state index contributed by atoms with van der Waals surface area (Å²) in [5.41, 5.74) is 2.89. The molecule has 6 heteroatoms. The van der Waals surface area contributed by atoms with Crippen molar-refractivity contribution in [3.05, 3.63) is 47.9 Å². The van der Waals surface area contributed by atoms with Crippen LogP contribution in [0.2, 0.25) is 0 Å². The lowest BCUT2D eigenvalue weighted by Crippen LogP contribution is -2.49. The highest BCUT2D eigenvalue weighted by atomic mass is 16.2. The Morgan fingerprint density at radius 1 is 1.11 bits per heavy atom. The number of carbonyl (C=O) groups excluding carboxylic acids is 1. The van der Waals surface area contributed by atoms with Crippen molar-refractivity contribution in [3.63, 3.8) is 0 Å². The Labute approximate surface area is 161 Å². The van der Waals surface area contributed by atoms with Crippen LogP contribution in [0.1, 0.15) is 42.2 Å². The minimum absolute atomic E-state index is 0.0380. The summed E-state index contributed by atoms with van der Waals surface area (Å²) >= 11 is 0. The fourth-order valence-electron chi connectivity index (χ4n) is 3.28. The quantitative estimate of drug-likeness (QED) is 0.761. The van der Waals surface area contributed by atoms with Gasteiger partial charge in [-0.2, -0.15) is 0 Å². The molecule has 2 heterocycles. The molecule has 144 valence electrons. The summed E-state index contributed by atoms with van der Waals surface area (Å²) in [6.07, 6.45) is 6.74. The van der Waals surface area contributed by atoms with E-state index < -0.39 is 0 Å². The second-order valence-corrected chi connectivity index (χ2v) is 7.04. The van der Waals surface area contributed by atoms with E-state index in [9.17, 15) is 4.79 Å². The van der Waals surface area contributed by atoms with Crippen LogP contribution in [-0.4, -0.2) is 53.5 Å². The van der Waals surface area contributed by atoms with Crippen molar-refractivity contribution >= 4 is 17.4 Å². The average Bonchev–Trinajstić information content (AvgIpc) is 2.71. The normalized spacial score (nSPS) is 14.3. The number of anilines is 2. The smallest absolute Gasteiger partial charge is 0.274 e. The highest BCUT2D eigenvalue weighted by Crippen LogP contribution is 2.18. The zero-order chi connectivity index (χ0) is 19.1. The maximum absolute atomic E-state index is 12.7. The molecule has 0 unspecified atom stereocenters. The Balaban J connectivity index is 1.51. The number of benzene rings is 1. The number of nitrogens with one attached hydrogen (secondary N) is 1. The molecule has 0 saturated carbocycles. The second kappa shape index (κ2) is 9.35. The maximum Gasteiger partial charge on any atom is 0.274 e. The molecule has 27 heavy (non-hydrogen) atoms. The lowest BCUT2D eigenvalue weighted by molar-refractivity contribution is 0.0740. The summed E-state index contributed by atoms with van der Waals surface area (Å²) in [4.78, 5) is 25.5. The molecule has 1 aliphatic rings. The number of unbranched alkanes of at least 4 members (excludes halogenated alkanes) is 2. The molecule has 2 aromatic rings. The molecule has 0 radical (unpaired) electrons. The lowest BCUT2D eigenvalue weighted by Gasteiger charge is -2.36. The molecule has 1 N–H and O–H groups in total. The van der Waals surface area contributed by atoms with Crippen LogP contribution in [0.25, 0.3) is 0 Å². The minimum Gasteiger partial charge on any atom is -0.369 e. The summed E-state index contributed by atoms with van der Waals surface area (Å²) in [5, 5.41) is 3.25. The third kappa shape index (κ3) is 5.18. The molecule has 1 amide bonds. The van der Waals surface area contributed by atoms with E-state index in [0.717, 1.165) is 31.9 Å². The van der Waals surface area contributed by atoms with Gasteiger partial charge < -0.3 is 15.1 Å². The average molecular weight is 367 g/mol. The monoisotopic (exact) mass is 367 g/mol. The van der Waals surface area contributed by atoms with Gasteiger partial charge in [0.15, 0.2) is 0 Å². The summed E-state index contributed by atoms with van der Waals surface area (Å²) in [5.74, 6) is 0.691. The van der Waals surface area contributed by atoms with E-state index in [-0.39, 0.29) is 5.91 Å². The van der Waals surface area contributed by atoms with Crippen molar-refractivity contribution in [2.45, 2.75) is 33.1 Å². The van der Waals surface area contributed by atoms with Crippen molar-refractivity contribution in [1.29, 1.82) is 0 Å². The van der Waals surface area contributed by atoms with Crippen molar-refractivity contribution in [3.8, 4) is 0 Å². The molecular weight excluding hydrogens is 338 g/mol. The first kappa shape index (κ1) is 19.1. The van der Waals surface area contributed by atoms with Crippen molar-refractivity contribution in [2.75, 3.05) is 42.9 Å². The highest BCUT2D eigenvalue weighted by Gasteiger charge is 2.23. The largest absolute Gasteiger partial charge is 0.369 e. The van der Waals surface area contributed by atoms with Gasteiger partial charge in [-0.3, -0.25) is 4.79 Å². The molecule has 0 bridgehead atoms. The third-order valence-electron chi connectivity index (χ3n) is 4.89. The van der Waals surface area contributed by atoms with E-state index in [2.05, 4.69) is 58.3 Å². The molecule has 1 aromatic heterocycles. The summed E-state index contributed by atoms with van der Waals surface area (Å²) in [6.45, 7) is 8.23. The van der Waals surface area contributed by atoms with Gasteiger partial charge in [0.05, 0.1) is 12.4 Å². The van der Waals surface area contributed by atoms with Gasteiger partial charge in [0.1, 0.15) is 11.5 Å². The van der Waals surface area contributed by atoms with Crippen LogP contribution in [-0.2, 0) is 0 Å². The van der Waals surface area contributed by atoms with Gasteiger partial charge in [-0.05, 0) is 31.0 Å². The topological polar surface area (TPSA) is 61.4 Å². The SMILES string of the molecule is CCCCCNc1cnc(C(=O)N2CCN(c3cccc(C)c3)CC2)cn1. The van der Waals surface area contributed by atoms with E-state index in [1.165, 1.54) is 24.1 Å². The first-order chi connectivity index (χ1) is 13.2. The van der Waals surface area contributed by atoms with Crippen LogP contribution < -0.4 is 10.2 Å². The van der Waals surface area contributed by atoms with Crippen LogP contribution in [0, 0.1) is 6.92 Å². The van der Waals surface area contributed by atoms with E-state index in [1.807, 2.05) is 4.90 Å². The van der Waals surface area contributed by atoms with Gasteiger partial charge in [0.2, 0.25) is 0 Å². The first-order valence-electron chi connectivity index (χ1n) is 9.84. The summed E-state index contributed by atoms with van der Waals surface area (Å²) in [7, 11) is 0.